The van der Waals surface area contributed by atoms with Crippen LogP contribution in [0.25, 0.3) is 0 Å². The van der Waals surface area contributed by atoms with E-state index in [-0.39, 0.29) is 30.6 Å². The number of nitrogens with zero attached hydrogens (tertiary/aromatic N) is 1. The van der Waals surface area contributed by atoms with Gasteiger partial charge in [-0.15, -0.1) is 0 Å². The van der Waals surface area contributed by atoms with Gasteiger partial charge >= 0.3 is 0 Å². The molecule has 1 aromatic heterocycles. The quantitative estimate of drug-likeness (QED) is 0.822. The first-order valence-electron chi connectivity index (χ1n) is 6.03. The average Bonchev–Trinajstić information content (AvgIpc) is 2.38. The molecule has 0 fully saturated rings. The van der Waals surface area contributed by atoms with Gasteiger partial charge < -0.3 is 17.1 Å². The van der Waals surface area contributed by atoms with E-state index in [4.69, 9.17) is 4.74 Å². The van der Waals surface area contributed by atoms with E-state index in [9.17, 15) is 4.39 Å². The van der Waals surface area contributed by atoms with Crippen LogP contribution < -0.4 is 17.1 Å². The molecule has 0 unspecified atom stereocenters. The number of ether oxygens (including phenoxy) is 1. The van der Waals surface area contributed by atoms with Crippen LogP contribution in [0.5, 0.6) is 5.75 Å². The summed E-state index contributed by atoms with van der Waals surface area (Å²) in [6.07, 6.45) is 0.882. The Bertz CT molecular complexity index is 545. The second-order valence-electron chi connectivity index (χ2n) is 4.20. The minimum Gasteiger partial charge on any atom is -1.00 e. The largest absolute Gasteiger partial charge is 1.00 e. The van der Waals surface area contributed by atoms with E-state index < -0.39 is 0 Å². The fourth-order valence-corrected chi connectivity index (χ4v) is 1.68. The van der Waals surface area contributed by atoms with E-state index in [0.29, 0.717) is 0 Å². The number of pyridine rings is 1. The van der Waals surface area contributed by atoms with Gasteiger partial charge in [0.25, 0.3) is 0 Å². The molecule has 0 saturated carbocycles. The molecule has 19 heavy (non-hydrogen) atoms. The fraction of sp³-hybridized carbons (Fsp3) is 0.267. The van der Waals surface area contributed by atoms with Gasteiger partial charge in [0, 0.05) is 5.69 Å². The van der Waals surface area contributed by atoms with Crippen molar-refractivity contribution in [1.82, 2.24) is 4.98 Å². The van der Waals surface area contributed by atoms with Crippen molar-refractivity contribution in [3.05, 3.63) is 59.2 Å². The monoisotopic (exact) mass is 280 g/mol. The molecule has 0 bridgehead atoms. The van der Waals surface area contributed by atoms with Crippen molar-refractivity contribution in [2.75, 3.05) is 0 Å². The Hall–Kier alpha value is -1.61. The van der Waals surface area contributed by atoms with Crippen molar-refractivity contribution in [3.63, 3.8) is 0 Å². The number of hydrogen-bond acceptors (Lipinski definition) is 2. The maximum atomic E-state index is 13.6. The standard InChI is InChI=1S/C15H16FNO.ClH/c1-3-12-5-4-6-13(17-12)10-18-15-8-7-11(2)9-14(15)16;/h4-9H,3,10H2,1-2H3;1H/p-1. The van der Waals surface area contributed by atoms with Crippen LogP contribution in [0.3, 0.4) is 0 Å². The SMILES string of the molecule is CCc1cccc(COc2ccc(C)cc2F)n1.[Cl-]. The number of hydrogen-bond donors (Lipinski definition) is 0. The molecule has 0 aliphatic heterocycles. The molecule has 0 amide bonds. The average molecular weight is 281 g/mol. The van der Waals surface area contributed by atoms with Gasteiger partial charge in [-0.25, -0.2) is 4.39 Å². The molecule has 1 aromatic carbocycles. The molecule has 0 N–H and O–H groups in total. The van der Waals surface area contributed by atoms with Gasteiger partial charge in [-0.3, -0.25) is 4.98 Å². The summed E-state index contributed by atoms with van der Waals surface area (Å²) in [6, 6.07) is 10.7. The van der Waals surface area contributed by atoms with E-state index in [1.54, 1.807) is 6.07 Å². The Morgan fingerprint density at radius 2 is 1.89 bits per heavy atom. The van der Waals surface area contributed by atoms with Gasteiger partial charge in [-0.05, 0) is 43.2 Å². The number of aromatic nitrogens is 1. The van der Waals surface area contributed by atoms with Crippen molar-refractivity contribution >= 4 is 0 Å². The first kappa shape index (κ1) is 15.4. The molecule has 0 atom stereocenters. The first-order valence-corrected chi connectivity index (χ1v) is 6.03. The third-order valence-corrected chi connectivity index (χ3v) is 2.69. The van der Waals surface area contributed by atoms with Crippen molar-refractivity contribution in [3.8, 4) is 5.75 Å². The molecular weight excluding hydrogens is 265 g/mol. The maximum Gasteiger partial charge on any atom is 0.165 e. The van der Waals surface area contributed by atoms with Crippen molar-refractivity contribution in [2.45, 2.75) is 26.9 Å². The highest BCUT2D eigenvalue weighted by Gasteiger charge is 2.04. The molecule has 2 rings (SSSR count). The predicted octanol–water partition coefficient (Wildman–Crippen LogP) is 0.675. The molecule has 0 aliphatic rings. The van der Waals surface area contributed by atoms with Crippen LogP contribution in [0.4, 0.5) is 4.39 Å². The van der Waals surface area contributed by atoms with E-state index in [1.807, 2.05) is 38.1 Å². The lowest BCUT2D eigenvalue weighted by molar-refractivity contribution is -0.00000471. The Morgan fingerprint density at radius 1 is 1.16 bits per heavy atom. The summed E-state index contributed by atoms with van der Waals surface area (Å²) in [5.74, 6) is -0.0639. The third kappa shape index (κ3) is 4.21. The van der Waals surface area contributed by atoms with Crippen LogP contribution in [-0.2, 0) is 13.0 Å². The van der Waals surface area contributed by atoms with Crippen LogP contribution in [0, 0.1) is 12.7 Å². The smallest absolute Gasteiger partial charge is 0.165 e. The highest BCUT2D eigenvalue weighted by molar-refractivity contribution is 5.28. The summed E-state index contributed by atoms with van der Waals surface area (Å²) in [5.41, 5.74) is 2.71. The molecule has 0 aliphatic carbocycles. The fourth-order valence-electron chi connectivity index (χ4n) is 1.68. The molecule has 2 aromatic rings. The first-order chi connectivity index (χ1) is 8.69. The second kappa shape index (κ2) is 7.10. The van der Waals surface area contributed by atoms with Gasteiger partial charge in [0.05, 0.1) is 5.69 Å². The zero-order valence-corrected chi connectivity index (χ0v) is 11.7. The number of rotatable bonds is 4. The van der Waals surface area contributed by atoms with Crippen LogP contribution in [0.1, 0.15) is 23.9 Å². The van der Waals surface area contributed by atoms with Crippen LogP contribution in [-0.4, -0.2) is 4.98 Å². The maximum absolute atomic E-state index is 13.6. The van der Waals surface area contributed by atoms with E-state index in [0.717, 1.165) is 23.4 Å². The van der Waals surface area contributed by atoms with Gasteiger partial charge in [0.1, 0.15) is 6.61 Å². The van der Waals surface area contributed by atoms with Crippen LogP contribution in [0.2, 0.25) is 0 Å². The summed E-state index contributed by atoms with van der Waals surface area (Å²) in [6.45, 7) is 4.18. The van der Waals surface area contributed by atoms with Crippen LogP contribution in [0.15, 0.2) is 36.4 Å². The number of halogens is 2. The Morgan fingerprint density at radius 3 is 2.58 bits per heavy atom. The topological polar surface area (TPSA) is 22.1 Å². The summed E-state index contributed by atoms with van der Waals surface area (Å²) < 4.78 is 19.0. The Balaban J connectivity index is 0.00000180. The summed E-state index contributed by atoms with van der Waals surface area (Å²) in [5, 5.41) is 0. The lowest BCUT2D eigenvalue weighted by atomic mass is 10.2. The highest BCUT2D eigenvalue weighted by atomic mass is 35.5. The molecule has 0 radical (unpaired) electrons. The summed E-state index contributed by atoms with van der Waals surface area (Å²) in [4.78, 5) is 4.41. The Labute approximate surface area is 119 Å². The molecule has 0 spiro atoms. The number of aryl methyl sites for hydroxylation is 2. The van der Waals surface area contributed by atoms with Crippen LogP contribution >= 0.6 is 0 Å². The third-order valence-electron chi connectivity index (χ3n) is 2.69. The normalized spacial score (nSPS) is 9.84. The molecule has 0 saturated heterocycles. The second-order valence-corrected chi connectivity index (χ2v) is 4.20. The molecule has 102 valence electrons. The van der Waals surface area contributed by atoms with Crippen molar-refractivity contribution in [2.24, 2.45) is 0 Å². The minimum absolute atomic E-state index is 0. The van der Waals surface area contributed by atoms with Gasteiger partial charge in [0.15, 0.2) is 11.6 Å². The molecule has 1 heterocycles. The number of benzene rings is 1. The molecule has 4 heteroatoms. The lowest BCUT2D eigenvalue weighted by Gasteiger charge is -2.08. The molecule has 2 nitrogen and oxygen atoms in total. The van der Waals surface area contributed by atoms with Crippen molar-refractivity contribution < 1.29 is 21.5 Å². The zero-order chi connectivity index (χ0) is 13.0. The van der Waals surface area contributed by atoms with Gasteiger partial charge in [-0.2, -0.15) is 0 Å². The lowest BCUT2D eigenvalue weighted by Crippen LogP contribution is -3.00. The predicted molar refractivity (Wildman–Crippen MR) is 69.1 cm³/mol. The summed E-state index contributed by atoms with van der Waals surface area (Å²) >= 11 is 0. The van der Waals surface area contributed by atoms with Crippen molar-refractivity contribution in [1.29, 1.82) is 0 Å². The highest BCUT2D eigenvalue weighted by Crippen LogP contribution is 2.19. The van der Waals surface area contributed by atoms with Gasteiger partial charge in [-0.1, -0.05) is 19.1 Å². The van der Waals surface area contributed by atoms with E-state index in [1.165, 1.54) is 6.07 Å². The Kier molecular flexibility index (Phi) is 5.77. The van der Waals surface area contributed by atoms with E-state index >= 15 is 0 Å². The van der Waals surface area contributed by atoms with Gasteiger partial charge in [0.2, 0.25) is 0 Å². The minimum atomic E-state index is -0.332. The molecular formula is C15H16ClFNO-. The summed E-state index contributed by atoms with van der Waals surface area (Å²) in [7, 11) is 0. The zero-order valence-electron chi connectivity index (χ0n) is 11.0. The van der Waals surface area contributed by atoms with E-state index in [2.05, 4.69) is 4.98 Å².